The van der Waals surface area contributed by atoms with Gasteiger partial charge in [0.15, 0.2) is 5.91 Å². The van der Waals surface area contributed by atoms with Gasteiger partial charge in [-0.1, -0.05) is 6.42 Å². The van der Waals surface area contributed by atoms with Crippen molar-refractivity contribution in [2.45, 2.75) is 26.2 Å². The summed E-state index contributed by atoms with van der Waals surface area (Å²) in [6, 6.07) is 0. The van der Waals surface area contributed by atoms with E-state index in [1.54, 1.807) is 0 Å². The molecular formula is C9H12NO3Y-. The number of rotatable bonds is 4. The van der Waals surface area contributed by atoms with Gasteiger partial charge in [-0.15, -0.1) is 0 Å². The summed E-state index contributed by atoms with van der Waals surface area (Å²) in [6.07, 6.45) is 2.58. The van der Waals surface area contributed by atoms with Crippen LogP contribution >= 0.6 is 0 Å². The quantitative estimate of drug-likeness (QED) is 0.546. The summed E-state index contributed by atoms with van der Waals surface area (Å²) in [5.74, 6) is -0.301. The second-order valence-corrected chi connectivity index (χ2v) is 3.10. The molecular weight excluding hydrogens is 259 g/mol. The largest absolute Gasteiger partial charge is 0.311 e. The fourth-order valence-electron chi connectivity index (χ4n) is 1.24. The Balaban J connectivity index is 0.00000169. The van der Waals surface area contributed by atoms with E-state index in [1.165, 1.54) is 18.2 Å². The molecule has 1 aliphatic rings. The summed E-state index contributed by atoms with van der Waals surface area (Å²) < 4.78 is 0. The predicted molar refractivity (Wildman–Crippen MR) is 45.6 cm³/mol. The van der Waals surface area contributed by atoms with Crippen molar-refractivity contribution in [3.63, 3.8) is 0 Å². The molecule has 0 unspecified atom stereocenters. The van der Waals surface area contributed by atoms with Crippen LogP contribution in [-0.2, 0) is 47.1 Å². The smallest absolute Gasteiger partial charge is 0.200 e. The van der Waals surface area contributed by atoms with Gasteiger partial charge < -0.3 is 14.5 Å². The van der Waals surface area contributed by atoms with E-state index in [1.807, 2.05) is 0 Å². The molecule has 0 aromatic carbocycles. The minimum absolute atomic E-state index is 0. The summed E-state index contributed by atoms with van der Waals surface area (Å²) in [6.45, 7) is 1.87. The Morgan fingerprint density at radius 1 is 1.50 bits per heavy atom. The van der Waals surface area contributed by atoms with E-state index < -0.39 is 0 Å². The third-order valence-electron chi connectivity index (χ3n) is 1.93. The van der Waals surface area contributed by atoms with E-state index in [0.29, 0.717) is 19.4 Å². The first-order valence-electron chi connectivity index (χ1n) is 4.28. The molecule has 2 amide bonds. The van der Waals surface area contributed by atoms with Gasteiger partial charge in [0, 0.05) is 45.7 Å². The van der Waals surface area contributed by atoms with E-state index in [2.05, 4.69) is 0 Å². The Morgan fingerprint density at radius 2 is 2.14 bits per heavy atom. The van der Waals surface area contributed by atoms with Crippen molar-refractivity contribution in [2.75, 3.05) is 6.54 Å². The van der Waals surface area contributed by atoms with Crippen LogP contribution in [0.15, 0.2) is 0 Å². The first kappa shape index (κ1) is 13.8. The summed E-state index contributed by atoms with van der Waals surface area (Å²) in [4.78, 5) is 33.9. The number of hydrogen-bond donors (Lipinski definition) is 0. The molecule has 5 heteroatoms. The molecule has 75 valence electrons. The molecule has 1 saturated heterocycles. The number of ketones is 1. The van der Waals surface area contributed by atoms with Gasteiger partial charge in [-0.3, -0.25) is 11.2 Å². The van der Waals surface area contributed by atoms with Crippen LogP contribution in [-0.4, -0.2) is 29.0 Å². The van der Waals surface area contributed by atoms with Gasteiger partial charge in [0.05, 0.1) is 5.91 Å². The summed E-state index contributed by atoms with van der Waals surface area (Å²) in [5, 5.41) is 0. The van der Waals surface area contributed by atoms with Crippen LogP contribution in [0.2, 0.25) is 0 Å². The van der Waals surface area contributed by atoms with E-state index >= 15 is 0 Å². The molecule has 1 heterocycles. The van der Waals surface area contributed by atoms with Crippen LogP contribution in [0, 0.1) is 6.42 Å². The molecule has 0 atom stereocenters. The molecule has 1 aliphatic heterocycles. The Labute approximate surface area is 108 Å². The summed E-state index contributed by atoms with van der Waals surface area (Å²) in [5.41, 5.74) is 0. The standard InChI is InChI=1S/C9H12NO3.Y/c1-7(11)3-2-6-10-8(12)4-5-9(10)13;/h4H,2-3,5-6H2,1H3;/q-1;. The number of nitrogens with zero attached hydrogens (tertiary/aromatic N) is 1. The van der Waals surface area contributed by atoms with Crippen molar-refractivity contribution in [3.05, 3.63) is 6.42 Å². The zero-order valence-corrected chi connectivity index (χ0v) is 11.0. The molecule has 1 fully saturated rings. The molecule has 0 bridgehead atoms. The third kappa shape index (κ3) is 3.88. The normalized spacial score (nSPS) is 15.1. The SMILES string of the molecule is CC(=O)CCCN1C(=O)[CH-]CC1=O.[Y]. The molecule has 0 saturated carbocycles. The first-order valence-corrected chi connectivity index (χ1v) is 4.28. The molecule has 0 aliphatic carbocycles. The number of likely N-dealkylation sites (tertiary alicyclic amines) is 1. The Morgan fingerprint density at radius 3 is 2.57 bits per heavy atom. The van der Waals surface area contributed by atoms with Gasteiger partial charge in [0.25, 0.3) is 0 Å². The maximum atomic E-state index is 11.0. The number of carbonyl (C=O) groups is 3. The molecule has 4 nitrogen and oxygen atoms in total. The van der Waals surface area contributed by atoms with Crippen molar-refractivity contribution in [3.8, 4) is 0 Å². The summed E-state index contributed by atoms with van der Waals surface area (Å²) in [7, 11) is 0. The predicted octanol–water partition coefficient (Wildman–Crippen LogP) is 0.316. The van der Waals surface area contributed by atoms with Crippen molar-refractivity contribution in [1.29, 1.82) is 0 Å². The number of amides is 2. The van der Waals surface area contributed by atoms with Crippen molar-refractivity contribution >= 4 is 17.6 Å². The zero-order valence-electron chi connectivity index (χ0n) is 8.16. The second-order valence-electron chi connectivity index (χ2n) is 3.10. The van der Waals surface area contributed by atoms with Crippen molar-refractivity contribution in [1.82, 2.24) is 4.90 Å². The van der Waals surface area contributed by atoms with Crippen LogP contribution in [0.4, 0.5) is 0 Å². The Hall–Kier alpha value is -0.216. The van der Waals surface area contributed by atoms with Gasteiger partial charge in [0.2, 0.25) is 0 Å². The second kappa shape index (κ2) is 6.30. The maximum absolute atomic E-state index is 11.0. The summed E-state index contributed by atoms with van der Waals surface area (Å²) >= 11 is 0. The van der Waals surface area contributed by atoms with E-state index in [4.69, 9.17) is 0 Å². The van der Waals surface area contributed by atoms with Gasteiger partial charge in [-0.05, 0) is 13.3 Å². The monoisotopic (exact) mass is 271 g/mol. The van der Waals surface area contributed by atoms with Crippen LogP contribution in [0.25, 0.3) is 0 Å². The molecule has 1 rings (SSSR count). The number of hydrogen-bond acceptors (Lipinski definition) is 3. The number of carbonyl (C=O) groups excluding carboxylic acids is 3. The molecule has 14 heavy (non-hydrogen) atoms. The van der Waals surface area contributed by atoms with Crippen LogP contribution < -0.4 is 0 Å². The van der Waals surface area contributed by atoms with Gasteiger partial charge >= 0.3 is 0 Å². The fourth-order valence-corrected chi connectivity index (χ4v) is 1.24. The average molecular weight is 271 g/mol. The van der Waals surface area contributed by atoms with Gasteiger partial charge in [-0.2, -0.15) is 0 Å². The van der Waals surface area contributed by atoms with Crippen molar-refractivity contribution in [2.24, 2.45) is 0 Å². The third-order valence-corrected chi connectivity index (χ3v) is 1.93. The van der Waals surface area contributed by atoms with Gasteiger partial charge in [-0.25, -0.2) is 0 Å². The molecule has 0 aromatic heterocycles. The number of Topliss-reactive ketones (excluding diaryl/α,β-unsaturated/α-hetero) is 1. The first-order chi connectivity index (χ1) is 6.11. The maximum Gasteiger partial charge on any atom is 0.200 e. The van der Waals surface area contributed by atoms with Gasteiger partial charge in [0.1, 0.15) is 5.78 Å². The van der Waals surface area contributed by atoms with Crippen LogP contribution in [0.1, 0.15) is 26.2 Å². The minimum atomic E-state index is -0.228. The zero-order chi connectivity index (χ0) is 9.84. The minimum Gasteiger partial charge on any atom is -0.311 e. The molecule has 0 spiro atoms. The van der Waals surface area contributed by atoms with E-state index in [-0.39, 0.29) is 56.7 Å². The van der Waals surface area contributed by atoms with E-state index in [9.17, 15) is 14.4 Å². The molecule has 0 N–H and O–H groups in total. The fraction of sp³-hybridized carbons (Fsp3) is 0.556. The average Bonchev–Trinajstić information content (AvgIpc) is 2.34. The van der Waals surface area contributed by atoms with Crippen LogP contribution in [0.3, 0.4) is 0 Å². The number of imide groups is 1. The van der Waals surface area contributed by atoms with E-state index in [0.717, 1.165) is 0 Å². The topological polar surface area (TPSA) is 54.5 Å². The Bertz CT molecular complexity index is 236. The van der Waals surface area contributed by atoms with Crippen molar-refractivity contribution < 1.29 is 47.1 Å². The Kier molecular flexibility index (Phi) is 6.20. The molecule has 1 radical (unpaired) electrons. The molecule has 0 aromatic rings. The van der Waals surface area contributed by atoms with Crippen LogP contribution in [0.5, 0.6) is 0 Å².